The molecule has 1 aliphatic rings. The van der Waals surface area contributed by atoms with E-state index in [2.05, 4.69) is 55.3 Å². The Morgan fingerprint density at radius 2 is 1.94 bits per heavy atom. The van der Waals surface area contributed by atoms with Gasteiger partial charge >= 0.3 is 0 Å². The first-order valence-electron chi connectivity index (χ1n) is 5.80. The highest BCUT2D eigenvalue weighted by atomic mass is 16.5. The Morgan fingerprint density at radius 1 is 1.25 bits per heavy atom. The zero-order valence-corrected chi connectivity index (χ0v) is 10.3. The van der Waals surface area contributed by atoms with Crippen molar-refractivity contribution in [2.24, 2.45) is 0 Å². The van der Waals surface area contributed by atoms with Crippen LogP contribution in [0.25, 0.3) is 0 Å². The molecule has 3 nitrogen and oxygen atoms in total. The van der Waals surface area contributed by atoms with Crippen molar-refractivity contribution >= 4 is 0 Å². The molecule has 2 rings (SSSR count). The molecule has 0 N–H and O–H groups in total. The van der Waals surface area contributed by atoms with E-state index in [1.807, 2.05) is 6.07 Å². The van der Waals surface area contributed by atoms with Crippen LogP contribution in [0.15, 0.2) is 30.3 Å². The predicted octanol–water partition coefficient (Wildman–Crippen LogP) is 1.93. The predicted molar refractivity (Wildman–Crippen MR) is 65.0 cm³/mol. The van der Waals surface area contributed by atoms with Gasteiger partial charge in [-0.05, 0) is 12.5 Å². The summed E-state index contributed by atoms with van der Waals surface area (Å²) in [6, 6.07) is 10.8. The fraction of sp³-hybridized carbons (Fsp3) is 0.538. The normalized spacial score (nSPS) is 27.2. The number of benzene rings is 1. The van der Waals surface area contributed by atoms with Gasteiger partial charge < -0.3 is 4.74 Å². The third-order valence-corrected chi connectivity index (χ3v) is 3.17. The molecule has 2 atom stereocenters. The Balaban J connectivity index is 2.16. The van der Waals surface area contributed by atoms with Crippen LogP contribution in [0.2, 0.25) is 0 Å². The minimum absolute atomic E-state index is 0.178. The van der Waals surface area contributed by atoms with Crippen LogP contribution in [0.5, 0.6) is 0 Å². The summed E-state index contributed by atoms with van der Waals surface area (Å²) < 4.78 is 5.89. The summed E-state index contributed by atoms with van der Waals surface area (Å²) in [5.74, 6) is 0. The second kappa shape index (κ2) is 4.95. The van der Waals surface area contributed by atoms with Crippen LogP contribution < -0.4 is 0 Å². The molecule has 0 aliphatic carbocycles. The lowest BCUT2D eigenvalue weighted by Crippen LogP contribution is -2.51. The first kappa shape index (κ1) is 11.6. The zero-order chi connectivity index (χ0) is 11.5. The van der Waals surface area contributed by atoms with E-state index in [-0.39, 0.29) is 6.10 Å². The number of hydrazine groups is 1. The maximum absolute atomic E-state index is 5.89. The number of hydrogen-bond donors (Lipinski definition) is 0. The molecule has 0 saturated carbocycles. The van der Waals surface area contributed by atoms with Crippen molar-refractivity contribution in [1.82, 2.24) is 10.0 Å². The van der Waals surface area contributed by atoms with Gasteiger partial charge in [0, 0.05) is 20.6 Å². The van der Waals surface area contributed by atoms with E-state index in [4.69, 9.17) is 4.74 Å². The number of ether oxygens (including phenoxy) is 1. The lowest BCUT2D eigenvalue weighted by atomic mass is 10.0. The van der Waals surface area contributed by atoms with E-state index >= 15 is 0 Å². The monoisotopic (exact) mass is 220 g/mol. The summed E-state index contributed by atoms with van der Waals surface area (Å²) in [7, 11) is 4.17. The number of morpholine rings is 1. The molecule has 0 radical (unpaired) electrons. The summed E-state index contributed by atoms with van der Waals surface area (Å²) >= 11 is 0. The lowest BCUT2D eigenvalue weighted by molar-refractivity contribution is -0.140. The Bertz CT molecular complexity index is 326. The quantitative estimate of drug-likeness (QED) is 0.757. The molecule has 0 bridgehead atoms. The van der Waals surface area contributed by atoms with Gasteiger partial charge in [-0.2, -0.15) is 0 Å². The molecule has 16 heavy (non-hydrogen) atoms. The maximum atomic E-state index is 5.89. The van der Waals surface area contributed by atoms with E-state index in [0.717, 1.165) is 13.2 Å². The number of nitrogens with zero attached hydrogens (tertiary/aromatic N) is 2. The fourth-order valence-electron chi connectivity index (χ4n) is 2.35. The van der Waals surface area contributed by atoms with Gasteiger partial charge in [-0.1, -0.05) is 30.3 Å². The molecular weight excluding hydrogens is 200 g/mol. The van der Waals surface area contributed by atoms with Gasteiger partial charge in [-0.15, -0.1) is 0 Å². The first-order chi connectivity index (χ1) is 7.70. The molecule has 1 aromatic rings. The van der Waals surface area contributed by atoms with Crippen LogP contribution in [-0.2, 0) is 4.74 Å². The Kier molecular flexibility index (Phi) is 3.59. The topological polar surface area (TPSA) is 15.7 Å². The highest BCUT2D eigenvalue weighted by Crippen LogP contribution is 2.28. The molecule has 3 heteroatoms. The first-order valence-corrected chi connectivity index (χ1v) is 5.80. The van der Waals surface area contributed by atoms with E-state index in [1.165, 1.54) is 5.56 Å². The van der Waals surface area contributed by atoms with E-state index in [0.29, 0.717) is 6.04 Å². The Labute approximate surface area is 97.6 Å². The molecule has 0 aromatic heterocycles. The average molecular weight is 220 g/mol. The highest BCUT2D eigenvalue weighted by molar-refractivity contribution is 5.19. The standard InChI is InChI=1S/C13H20N2O/c1-11-13(12-7-5-4-6-8-12)16-10-9-15(11)14(2)3/h4-8,11,13H,9-10H2,1-3H3/t11-,13+/m1/s1. The van der Waals surface area contributed by atoms with Gasteiger partial charge in [0.25, 0.3) is 0 Å². The Hall–Kier alpha value is -0.900. The average Bonchev–Trinajstić information content (AvgIpc) is 2.30. The number of rotatable bonds is 2. The summed E-state index contributed by atoms with van der Waals surface area (Å²) in [4.78, 5) is 0. The summed E-state index contributed by atoms with van der Waals surface area (Å²) in [6.07, 6.45) is 0.178. The van der Waals surface area contributed by atoms with Gasteiger partial charge in [0.15, 0.2) is 0 Å². The van der Waals surface area contributed by atoms with Gasteiger partial charge in [-0.3, -0.25) is 0 Å². The van der Waals surface area contributed by atoms with Crippen LogP contribution in [0.1, 0.15) is 18.6 Å². The lowest BCUT2D eigenvalue weighted by Gasteiger charge is -2.42. The molecule has 1 heterocycles. The third-order valence-electron chi connectivity index (χ3n) is 3.17. The second-order valence-corrected chi connectivity index (χ2v) is 4.45. The van der Waals surface area contributed by atoms with Crippen molar-refractivity contribution < 1.29 is 4.74 Å². The molecule has 1 aliphatic heterocycles. The highest BCUT2D eigenvalue weighted by Gasteiger charge is 2.30. The molecular formula is C13H20N2O. The summed E-state index contributed by atoms with van der Waals surface area (Å²) in [5.41, 5.74) is 1.27. The largest absolute Gasteiger partial charge is 0.370 e. The summed E-state index contributed by atoms with van der Waals surface area (Å²) in [5, 5.41) is 4.50. The van der Waals surface area contributed by atoms with Crippen LogP contribution in [0, 0.1) is 0 Å². The second-order valence-electron chi connectivity index (χ2n) is 4.45. The van der Waals surface area contributed by atoms with Crippen LogP contribution in [0.3, 0.4) is 0 Å². The molecule has 88 valence electrons. The fourth-order valence-corrected chi connectivity index (χ4v) is 2.35. The molecule has 0 amide bonds. The van der Waals surface area contributed by atoms with Gasteiger partial charge in [0.2, 0.25) is 0 Å². The van der Waals surface area contributed by atoms with Gasteiger partial charge in [0.05, 0.1) is 18.8 Å². The van der Waals surface area contributed by atoms with E-state index in [9.17, 15) is 0 Å². The molecule has 0 spiro atoms. The van der Waals surface area contributed by atoms with Crippen molar-refractivity contribution in [2.75, 3.05) is 27.2 Å². The van der Waals surface area contributed by atoms with Crippen molar-refractivity contribution in [3.8, 4) is 0 Å². The molecule has 1 saturated heterocycles. The molecule has 1 fully saturated rings. The van der Waals surface area contributed by atoms with Crippen molar-refractivity contribution in [2.45, 2.75) is 19.1 Å². The van der Waals surface area contributed by atoms with Crippen LogP contribution >= 0.6 is 0 Å². The van der Waals surface area contributed by atoms with Crippen molar-refractivity contribution in [3.05, 3.63) is 35.9 Å². The van der Waals surface area contributed by atoms with Crippen molar-refractivity contribution in [1.29, 1.82) is 0 Å². The van der Waals surface area contributed by atoms with Gasteiger partial charge in [0.1, 0.15) is 0 Å². The van der Waals surface area contributed by atoms with Crippen LogP contribution in [0.4, 0.5) is 0 Å². The number of hydrogen-bond acceptors (Lipinski definition) is 3. The summed E-state index contributed by atoms with van der Waals surface area (Å²) in [6.45, 7) is 3.98. The zero-order valence-electron chi connectivity index (χ0n) is 10.3. The third kappa shape index (κ3) is 2.26. The minimum atomic E-state index is 0.178. The smallest absolute Gasteiger partial charge is 0.0992 e. The molecule has 0 unspecified atom stereocenters. The van der Waals surface area contributed by atoms with E-state index in [1.54, 1.807) is 0 Å². The Morgan fingerprint density at radius 3 is 2.56 bits per heavy atom. The minimum Gasteiger partial charge on any atom is -0.370 e. The SMILES string of the molecule is C[C@@H]1[C@@H](c2ccccc2)OCCN1N(C)C. The van der Waals surface area contributed by atoms with E-state index < -0.39 is 0 Å². The molecule has 1 aromatic carbocycles. The maximum Gasteiger partial charge on any atom is 0.0992 e. The van der Waals surface area contributed by atoms with Crippen LogP contribution in [-0.4, -0.2) is 43.3 Å². The van der Waals surface area contributed by atoms with Crippen molar-refractivity contribution in [3.63, 3.8) is 0 Å². The van der Waals surface area contributed by atoms with Gasteiger partial charge in [-0.25, -0.2) is 10.0 Å².